The van der Waals surface area contributed by atoms with Crippen LogP contribution >= 0.6 is 0 Å². The van der Waals surface area contributed by atoms with Gasteiger partial charge >= 0.3 is 0 Å². The Morgan fingerprint density at radius 3 is 2.38 bits per heavy atom. The van der Waals surface area contributed by atoms with Crippen molar-refractivity contribution in [3.8, 4) is 6.07 Å². The third-order valence-electron chi connectivity index (χ3n) is 6.89. The van der Waals surface area contributed by atoms with Crippen LogP contribution in [0.25, 0.3) is 0 Å². The first-order valence-corrected chi connectivity index (χ1v) is 11.7. The molecule has 1 aromatic rings. The highest BCUT2D eigenvalue weighted by molar-refractivity contribution is 5.26. The van der Waals surface area contributed by atoms with Gasteiger partial charge in [-0.05, 0) is 99.2 Å². The second-order valence-electron chi connectivity index (χ2n) is 9.06. The Hall–Kier alpha value is -1.66. The van der Waals surface area contributed by atoms with Crippen LogP contribution in [-0.4, -0.2) is 12.7 Å². The number of benzene rings is 1. The molecule has 0 spiro atoms. The zero-order valence-electron chi connectivity index (χ0n) is 17.9. The Bertz CT molecular complexity index is 674. The van der Waals surface area contributed by atoms with E-state index in [-0.39, 0.29) is 5.92 Å². The number of unbranched alkanes of at least 4 members (excludes halogenated alkanes) is 1. The highest BCUT2D eigenvalue weighted by Gasteiger charge is 2.25. The van der Waals surface area contributed by atoms with E-state index in [0.717, 1.165) is 32.3 Å². The molecule has 0 aliphatic heterocycles. The molecule has 0 bridgehead atoms. The summed E-state index contributed by atoms with van der Waals surface area (Å²) >= 11 is 0. The molecule has 29 heavy (non-hydrogen) atoms. The number of allylic oxidation sites excluding steroid dienone is 2. The maximum atomic E-state index is 13.1. The van der Waals surface area contributed by atoms with Crippen molar-refractivity contribution in [1.82, 2.24) is 0 Å². The van der Waals surface area contributed by atoms with Gasteiger partial charge < -0.3 is 4.74 Å². The van der Waals surface area contributed by atoms with Gasteiger partial charge in [0.1, 0.15) is 6.07 Å². The number of nitrogens with zero attached hydrogens (tertiary/aromatic N) is 1. The van der Waals surface area contributed by atoms with E-state index in [1.165, 1.54) is 62.1 Å². The molecule has 3 heteroatoms. The van der Waals surface area contributed by atoms with Gasteiger partial charge in [-0.2, -0.15) is 9.65 Å². The lowest BCUT2D eigenvalue weighted by Gasteiger charge is -2.32. The zero-order chi connectivity index (χ0) is 20.5. The van der Waals surface area contributed by atoms with Crippen LogP contribution in [0.15, 0.2) is 36.2 Å². The van der Waals surface area contributed by atoms with E-state index in [1.54, 1.807) is 6.07 Å². The summed E-state index contributed by atoms with van der Waals surface area (Å²) in [6.07, 6.45) is 14.4. The minimum absolute atomic E-state index is 0.207. The van der Waals surface area contributed by atoms with Crippen molar-refractivity contribution in [2.45, 2.75) is 89.6 Å². The van der Waals surface area contributed by atoms with Crippen molar-refractivity contribution < 1.29 is 9.13 Å². The zero-order valence-corrected chi connectivity index (χ0v) is 17.9. The quantitative estimate of drug-likeness (QED) is 0.433. The molecule has 0 aromatic heterocycles. The Balaban J connectivity index is 1.35. The van der Waals surface area contributed by atoms with Crippen molar-refractivity contribution in [1.29, 1.82) is 5.26 Å². The molecule has 0 N–H and O–H groups in total. The summed E-state index contributed by atoms with van der Waals surface area (Å²) in [5, 5.41) is 8.56. The number of aryl methyl sites for hydroxylation is 1. The molecular formula is C26H36FNO. The van der Waals surface area contributed by atoms with Gasteiger partial charge in [-0.25, -0.2) is 0 Å². The molecule has 0 atom stereocenters. The maximum absolute atomic E-state index is 13.1. The number of halogens is 1. The van der Waals surface area contributed by atoms with Crippen LogP contribution in [0.5, 0.6) is 0 Å². The minimum atomic E-state index is -0.637. The highest BCUT2D eigenvalue weighted by Crippen LogP contribution is 2.37. The second-order valence-corrected chi connectivity index (χ2v) is 9.06. The van der Waals surface area contributed by atoms with Crippen LogP contribution in [0.1, 0.15) is 88.2 Å². The fourth-order valence-electron chi connectivity index (χ4n) is 4.94. The van der Waals surface area contributed by atoms with Gasteiger partial charge in [0.25, 0.3) is 0 Å². The van der Waals surface area contributed by atoms with E-state index >= 15 is 0 Å². The molecule has 158 valence electrons. The van der Waals surface area contributed by atoms with Crippen molar-refractivity contribution in [3.05, 3.63) is 47.3 Å². The lowest BCUT2D eigenvalue weighted by molar-refractivity contribution is -0.00465. The van der Waals surface area contributed by atoms with Gasteiger partial charge in [-0.1, -0.05) is 37.6 Å². The first-order valence-electron chi connectivity index (χ1n) is 11.7. The Morgan fingerprint density at radius 1 is 1.07 bits per heavy atom. The van der Waals surface area contributed by atoms with E-state index < -0.39 is 5.83 Å². The van der Waals surface area contributed by atoms with Gasteiger partial charge in [0, 0.05) is 6.61 Å². The molecule has 0 unspecified atom stereocenters. The minimum Gasteiger partial charge on any atom is -0.378 e. The lowest BCUT2D eigenvalue weighted by Crippen LogP contribution is -2.25. The molecule has 0 saturated heterocycles. The molecule has 2 aliphatic carbocycles. The topological polar surface area (TPSA) is 33.0 Å². The van der Waals surface area contributed by atoms with E-state index in [9.17, 15) is 4.39 Å². The highest BCUT2D eigenvalue weighted by atomic mass is 19.1. The van der Waals surface area contributed by atoms with Crippen molar-refractivity contribution in [2.24, 2.45) is 11.8 Å². The summed E-state index contributed by atoms with van der Waals surface area (Å²) in [6, 6.07) is 10.9. The van der Waals surface area contributed by atoms with Crippen LogP contribution in [0.2, 0.25) is 0 Å². The average molecular weight is 398 g/mol. The van der Waals surface area contributed by atoms with Crippen molar-refractivity contribution in [3.63, 3.8) is 0 Å². The monoisotopic (exact) mass is 397 g/mol. The van der Waals surface area contributed by atoms with E-state index in [4.69, 9.17) is 10.00 Å². The number of nitriles is 1. The van der Waals surface area contributed by atoms with E-state index in [2.05, 4.69) is 31.2 Å². The van der Waals surface area contributed by atoms with Crippen molar-refractivity contribution >= 4 is 0 Å². The standard InChI is InChI=1S/C26H36FNO/c1-2-3-4-20-5-11-23(12-6-20)24-13-7-22(8-14-24)19-29-26-15-9-21(10-16-26)17-25(27)18-28/h5-6,11-12,17,21-22,24,26H,2-4,7-10,13-16,19H2,1H3. The average Bonchev–Trinajstić information content (AvgIpc) is 2.78. The van der Waals surface area contributed by atoms with Crippen LogP contribution in [0.3, 0.4) is 0 Å². The summed E-state index contributed by atoms with van der Waals surface area (Å²) in [4.78, 5) is 0. The molecule has 0 heterocycles. The van der Waals surface area contributed by atoms with E-state index in [1.807, 2.05) is 0 Å². The maximum Gasteiger partial charge on any atom is 0.196 e. The first kappa shape index (κ1) is 22.0. The van der Waals surface area contributed by atoms with Crippen LogP contribution in [-0.2, 0) is 11.2 Å². The molecule has 2 aliphatic rings. The molecule has 0 amide bonds. The molecular weight excluding hydrogens is 361 g/mol. The first-order chi connectivity index (χ1) is 14.2. The number of hydrogen-bond donors (Lipinski definition) is 0. The SMILES string of the molecule is CCCCc1ccc(C2CCC(COC3CCC(C=C(F)C#N)CC3)CC2)cc1. The molecule has 0 radical (unpaired) electrons. The van der Waals surface area contributed by atoms with Gasteiger partial charge in [0.15, 0.2) is 5.83 Å². The number of ether oxygens (including phenoxy) is 1. The molecule has 1 aromatic carbocycles. The van der Waals surface area contributed by atoms with Gasteiger partial charge in [-0.3, -0.25) is 0 Å². The predicted octanol–water partition coefficient (Wildman–Crippen LogP) is 7.26. The fourth-order valence-corrected chi connectivity index (χ4v) is 4.94. The molecule has 2 saturated carbocycles. The third kappa shape index (κ3) is 6.96. The summed E-state index contributed by atoms with van der Waals surface area (Å²) in [5.74, 6) is 0.965. The molecule has 3 rings (SSSR count). The Labute approximate surface area is 176 Å². The van der Waals surface area contributed by atoms with Crippen LogP contribution in [0.4, 0.5) is 4.39 Å². The van der Waals surface area contributed by atoms with Gasteiger partial charge in [0.05, 0.1) is 6.10 Å². The van der Waals surface area contributed by atoms with Gasteiger partial charge in [-0.15, -0.1) is 0 Å². The predicted molar refractivity (Wildman–Crippen MR) is 116 cm³/mol. The van der Waals surface area contributed by atoms with Crippen LogP contribution in [0, 0.1) is 23.2 Å². The van der Waals surface area contributed by atoms with Crippen LogP contribution < -0.4 is 0 Å². The summed E-state index contributed by atoms with van der Waals surface area (Å²) in [7, 11) is 0. The van der Waals surface area contributed by atoms with Gasteiger partial charge in [0.2, 0.25) is 0 Å². The van der Waals surface area contributed by atoms with Crippen molar-refractivity contribution in [2.75, 3.05) is 6.61 Å². The Morgan fingerprint density at radius 2 is 1.76 bits per heavy atom. The second kappa shape index (κ2) is 11.5. The third-order valence-corrected chi connectivity index (χ3v) is 6.89. The summed E-state index contributed by atoms with van der Waals surface area (Å²) in [5.41, 5.74) is 2.99. The Kier molecular flexibility index (Phi) is 8.74. The van der Waals surface area contributed by atoms with E-state index in [0.29, 0.717) is 17.9 Å². The summed E-state index contributed by atoms with van der Waals surface area (Å²) < 4.78 is 19.3. The molecule has 2 fully saturated rings. The lowest BCUT2D eigenvalue weighted by atomic mass is 9.78. The smallest absolute Gasteiger partial charge is 0.196 e. The summed E-state index contributed by atoms with van der Waals surface area (Å²) in [6.45, 7) is 3.12. The number of hydrogen-bond acceptors (Lipinski definition) is 2. The fraction of sp³-hybridized carbons (Fsp3) is 0.654. The normalized spacial score (nSPS) is 28.1. The number of rotatable bonds is 8. The molecule has 2 nitrogen and oxygen atoms in total. The largest absolute Gasteiger partial charge is 0.378 e.